The fourth-order valence-corrected chi connectivity index (χ4v) is 2.37. The van der Waals surface area contributed by atoms with Gasteiger partial charge in [-0.25, -0.2) is 0 Å². The lowest BCUT2D eigenvalue weighted by molar-refractivity contribution is -0.900. The Kier molecular flexibility index (Phi) is 4.33. The quantitative estimate of drug-likeness (QED) is 0.730. The molecule has 2 N–H and O–H groups in total. The molecular weight excluding hydrogens is 224 g/mol. The predicted octanol–water partition coefficient (Wildman–Crippen LogP) is -0.721. The molecule has 0 unspecified atom stereocenters. The summed E-state index contributed by atoms with van der Waals surface area (Å²) in [6.07, 6.45) is 0. The van der Waals surface area contributed by atoms with Gasteiger partial charge in [0.2, 0.25) is 0 Å². The highest BCUT2D eigenvalue weighted by atomic mass is 32.1. The first-order valence-corrected chi connectivity index (χ1v) is 6.43. The number of hydrogen-bond donors (Lipinski definition) is 2. The maximum absolute atomic E-state index is 11.6. The molecule has 1 aliphatic rings. The molecule has 2 rings (SSSR count). The number of ether oxygens (including phenoxy) is 1. The Morgan fingerprint density at radius 3 is 3.00 bits per heavy atom. The zero-order valence-electron chi connectivity index (χ0n) is 9.20. The molecule has 0 bridgehead atoms. The highest BCUT2D eigenvalue weighted by molar-refractivity contribution is 7.09. The Labute approximate surface area is 99.2 Å². The molecule has 1 fully saturated rings. The third-order valence-corrected chi connectivity index (χ3v) is 3.53. The fraction of sp³-hybridized carbons (Fsp3) is 0.545. The van der Waals surface area contributed by atoms with Crippen molar-refractivity contribution >= 4 is 17.2 Å². The summed E-state index contributed by atoms with van der Waals surface area (Å²) in [4.78, 5) is 14.2. The predicted molar refractivity (Wildman–Crippen MR) is 62.5 cm³/mol. The van der Waals surface area contributed by atoms with E-state index in [0.29, 0.717) is 13.1 Å². The number of carbonyl (C=O) groups is 1. The van der Waals surface area contributed by atoms with Gasteiger partial charge in [-0.05, 0) is 11.4 Å². The number of morpholine rings is 1. The van der Waals surface area contributed by atoms with Gasteiger partial charge in [-0.2, -0.15) is 0 Å². The van der Waals surface area contributed by atoms with Crippen molar-refractivity contribution in [1.82, 2.24) is 5.32 Å². The maximum Gasteiger partial charge on any atom is 0.275 e. The number of thiophene rings is 1. The molecular formula is C11H17N2O2S+. The van der Waals surface area contributed by atoms with Gasteiger partial charge >= 0.3 is 0 Å². The molecule has 1 aliphatic heterocycles. The second kappa shape index (κ2) is 5.98. The molecule has 1 amide bonds. The molecule has 0 radical (unpaired) electrons. The third-order valence-electron chi connectivity index (χ3n) is 2.65. The van der Waals surface area contributed by atoms with Crippen LogP contribution in [0.15, 0.2) is 17.5 Å². The first kappa shape index (κ1) is 11.6. The van der Waals surface area contributed by atoms with Crippen LogP contribution in [0.1, 0.15) is 4.88 Å². The third kappa shape index (κ3) is 3.59. The monoisotopic (exact) mass is 241 g/mol. The molecule has 0 spiro atoms. The lowest BCUT2D eigenvalue weighted by Gasteiger charge is -2.22. The van der Waals surface area contributed by atoms with Gasteiger partial charge in [-0.3, -0.25) is 4.79 Å². The summed E-state index contributed by atoms with van der Waals surface area (Å²) in [6, 6.07) is 4.03. The van der Waals surface area contributed by atoms with Gasteiger partial charge in [0.1, 0.15) is 13.1 Å². The Morgan fingerprint density at radius 1 is 1.50 bits per heavy atom. The van der Waals surface area contributed by atoms with E-state index in [4.69, 9.17) is 4.74 Å². The van der Waals surface area contributed by atoms with Gasteiger partial charge in [0.25, 0.3) is 5.91 Å². The summed E-state index contributed by atoms with van der Waals surface area (Å²) in [5, 5.41) is 4.96. The van der Waals surface area contributed by atoms with Gasteiger partial charge in [-0.15, -0.1) is 11.3 Å². The van der Waals surface area contributed by atoms with E-state index in [-0.39, 0.29) is 5.91 Å². The number of hydrogen-bond acceptors (Lipinski definition) is 3. The van der Waals surface area contributed by atoms with Crippen molar-refractivity contribution in [2.75, 3.05) is 32.8 Å². The van der Waals surface area contributed by atoms with Crippen LogP contribution in [0.25, 0.3) is 0 Å². The van der Waals surface area contributed by atoms with Crippen molar-refractivity contribution < 1.29 is 14.4 Å². The van der Waals surface area contributed by atoms with Gasteiger partial charge in [-0.1, -0.05) is 6.07 Å². The lowest BCUT2D eigenvalue weighted by Crippen LogP contribution is -3.15. The summed E-state index contributed by atoms with van der Waals surface area (Å²) in [6.45, 7) is 4.63. The van der Waals surface area contributed by atoms with E-state index in [1.807, 2.05) is 17.5 Å². The van der Waals surface area contributed by atoms with Gasteiger partial charge in [0.05, 0.1) is 19.8 Å². The summed E-state index contributed by atoms with van der Waals surface area (Å²) in [7, 11) is 0. The summed E-state index contributed by atoms with van der Waals surface area (Å²) < 4.78 is 5.25. The van der Waals surface area contributed by atoms with Crippen molar-refractivity contribution in [3.8, 4) is 0 Å². The van der Waals surface area contributed by atoms with Gasteiger partial charge in [0.15, 0.2) is 6.54 Å². The number of quaternary nitrogens is 1. The molecule has 1 aromatic heterocycles. The van der Waals surface area contributed by atoms with Crippen LogP contribution in [0.2, 0.25) is 0 Å². The fourth-order valence-electron chi connectivity index (χ4n) is 1.73. The number of nitrogens with one attached hydrogen (secondary N) is 2. The van der Waals surface area contributed by atoms with Crippen LogP contribution in [0.4, 0.5) is 0 Å². The van der Waals surface area contributed by atoms with E-state index in [1.165, 1.54) is 9.78 Å². The largest absolute Gasteiger partial charge is 0.370 e. The van der Waals surface area contributed by atoms with Crippen molar-refractivity contribution in [3.63, 3.8) is 0 Å². The number of rotatable bonds is 4. The van der Waals surface area contributed by atoms with Crippen LogP contribution in [0, 0.1) is 0 Å². The summed E-state index contributed by atoms with van der Waals surface area (Å²) >= 11 is 1.67. The van der Waals surface area contributed by atoms with Crippen LogP contribution >= 0.6 is 11.3 Å². The molecule has 0 atom stereocenters. The molecule has 5 heteroatoms. The summed E-state index contributed by atoms with van der Waals surface area (Å²) in [5.74, 6) is 0.130. The topological polar surface area (TPSA) is 42.8 Å². The average Bonchev–Trinajstić information content (AvgIpc) is 2.81. The van der Waals surface area contributed by atoms with Crippen molar-refractivity contribution in [3.05, 3.63) is 22.4 Å². The normalized spacial score (nSPS) is 17.2. The maximum atomic E-state index is 11.6. The van der Waals surface area contributed by atoms with Crippen LogP contribution < -0.4 is 10.2 Å². The minimum atomic E-state index is 0.130. The molecule has 1 aromatic rings. The Morgan fingerprint density at radius 2 is 2.31 bits per heavy atom. The Bertz CT molecular complexity index is 321. The second-order valence-electron chi connectivity index (χ2n) is 3.90. The molecule has 0 aromatic carbocycles. The number of amides is 1. The second-order valence-corrected chi connectivity index (χ2v) is 4.93. The Balaban J connectivity index is 1.67. The average molecular weight is 241 g/mol. The van der Waals surface area contributed by atoms with E-state index < -0.39 is 0 Å². The minimum absolute atomic E-state index is 0.130. The molecule has 2 heterocycles. The zero-order chi connectivity index (χ0) is 11.2. The van der Waals surface area contributed by atoms with Crippen molar-refractivity contribution in [2.24, 2.45) is 0 Å². The van der Waals surface area contributed by atoms with Crippen molar-refractivity contribution in [2.45, 2.75) is 6.54 Å². The van der Waals surface area contributed by atoms with E-state index in [1.54, 1.807) is 11.3 Å². The minimum Gasteiger partial charge on any atom is -0.370 e. The summed E-state index contributed by atoms with van der Waals surface area (Å²) in [5.41, 5.74) is 0. The van der Waals surface area contributed by atoms with Crippen LogP contribution in [0.3, 0.4) is 0 Å². The van der Waals surface area contributed by atoms with E-state index in [0.717, 1.165) is 26.3 Å². The van der Waals surface area contributed by atoms with E-state index in [2.05, 4.69) is 5.32 Å². The lowest BCUT2D eigenvalue weighted by atomic mass is 10.4. The first-order chi connectivity index (χ1) is 7.84. The van der Waals surface area contributed by atoms with Crippen LogP contribution in [-0.4, -0.2) is 38.8 Å². The molecule has 88 valence electrons. The SMILES string of the molecule is O=C(C[NH+]1CCOCC1)NCc1cccs1. The number of carbonyl (C=O) groups excluding carboxylic acids is 1. The standard InChI is InChI=1S/C11H16N2O2S/c14-11(9-13-3-5-15-6-4-13)12-8-10-2-1-7-16-10/h1-2,7H,3-6,8-9H2,(H,12,14)/p+1. The van der Waals surface area contributed by atoms with E-state index in [9.17, 15) is 4.79 Å². The zero-order valence-corrected chi connectivity index (χ0v) is 10.0. The first-order valence-electron chi connectivity index (χ1n) is 5.55. The molecule has 0 saturated carbocycles. The molecule has 4 nitrogen and oxygen atoms in total. The van der Waals surface area contributed by atoms with E-state index >= 15 is 0 Å². The van der Waals surface area contributed by atoms with Crippen LogP contribution in [-0.2, 0) is 16.1 Å². The van der Waals surface area contributed by atoms with Crippen LogP contribution in [0.5, 0.6) is 0 Å². The Hall–Kier alpha value is -0.910. The highest BCUT2D eigenvalue weighted by Gasteiger charge is 2.17. The molecule has 0 aliphatic carbocycles. The smallest absolute Gasteiger partial charge is 0.275 e. The van der Waals surface area contributed by atoms with Crippen molar-refractivity contribution in [1.29, 1.82) is 0 Å². The molecule has 16 heavy (non-hydrogen) atoms. The van der Waals surface area contributed by atoms with Gasteiger partial charge in [0, 0.05) is 4.88 Å². The highest BCUT2D eigenvalue weighted by Crippen LogP contribution is 2.06. The molecule has 1 saturated heterocycles. The van der Waals surface area contributed by atoms with Gasteiger partial charge < -0.3 is 15.0 Å².